The third-order valence-corrected chi connectivity index (χ3v) is 3.24. The van der Waals surface area contributed by atoms with E-state index in [4.69, 9.17) is 9.47 Å². The minimum absolute atomic E-state index is 0.00717. The van der Waals surface area contributed by atoms with E-state index in [-0.39, 0.29) is 29.0 Å². The van der Waals surface area contributed by atoms with E-state index in [1.165, 1.54) is 43.5 Å². The van der Waals surface area contributed by atoms with Crippen molar-refractivity contribution in [2.75, 3.05) is 13.7 Å². The van der Waals surface area contributed by atoms with E-state index in [0.29, 0.717) is 0 Å². The molecule has 0 fully saturated rings. The van der Waals surface area contributed by atoms with E-state index >= 15 is 0 Å². The highest BCUT2D eigenvalue weighted by Crippen LogP contribution is 2.40. The summed E-state index contributed by atoms with van der Waals surface area (Å²) in [5.74, 6) is -0.381. The molecule has 0 heterocycles. The van der Waals surface area contributed by atoms with Crippen LogP contribution in [0.1, 0.15) is 22.8 Å². The molecule has 6 heteroatoms. The maximum atomic E-state index is 13.2. The van der Waals surface area contributed by atoms with Crippen molar-refractivity contribution in [3.63, 3.8) is 0 Å². The second-order valence-corrected chi connectivity index (χ2v) is 4.68. The minimum Gasteiger partial charge on any atom is -0.496 e. The van der Waals surface area contributed by atoms with Crippen molar-refractivity contribution in [2.45, 2.75) is 13.1 Å². The van der Waals surface area contributed by atoms with Gasteiger partial charge in [-0.15, -0.1) is 0 Å². The van der Waals surface area contributed by atoms with Gasteiger partial charge in [0.2, 0.25) is 0 Å². The Morgan fingerprint density at radius 3 is 2.39 bits per heavy atom. The predicted octanol–water partition coefficient (Wildman–Crippen LogP) is 4.56. The molecule has 0 aliphatic heterocycles. The molecule has 0 aliphatic rings. The summed E-state index contributed by atoms with van der Waals surface area (Å²) in [6.45, 7) is 1.88. The molecule has 0 bridgehead atoms. The van der Waals surface area contributed by atoms with Crippen LogP contribution in [-0.4, -0.2) is 19.7 Å². The number of hydrogen-bond acceptors (Lipinski definition) is 3. The Hall–Kier alpha value is -2.50. The molecule has 0 atom stereocenters. The van der Waals surface area contributed by atoms with Crippen molar-refractivity contribution in [3.8, 4) is 16.9 Å². The first-order chi connectivity index (χ1) is 10.9. The number of carbonyl (C=O) groups excluding carboxylic acids is 1. The van der Waals surface area contributed by atoms with Gasteiger partial charge in [0, 0.05) is 5.56 Å². The summed E-state index contributed by atoms with van der Waals surface area (Å²) in [5.41, 5.74) is -0.292. The monoisotopic (exact) mass is 324 g/mol. The second kappa shape index (κ2) is 6.73. The van der Waals surface area contributed by atoms with Crippen LogP contribution < -0.4 is 4.74 Å². The van der Waals surface area contributed by atoms with E-state index in [9.17, 15) is 18.0 Å². The maximum Gasteiger partial charge on any atom is 0.417 e. The molecule has 0 radical (unpaired) electrons. The van der Waals surface area contributed by atoms with Crippen molar-refractivity contribution in [3.05, 3.63) is 53.6 Å². The van der Waals surface area contributed by atoms with Gasteiger partial charge >= 0.3 is 12.1 Å². The molecule has 122 valence electrons. The van der Waals surface area contributed by atoms with Gasteiger partial charge in [-0.2, -0.15) is 13.2 Å². The molecule has 0 N–H and O–H groups in total. The van der Waals surface area contributed by atoms with E-state index in [1.807, 2.05) is 0 Å². The zero-order chi connectivity index (χ0) is 17.0. The zero-order valence-electron chi connectivity index (χ0n) is 12.6. The average molecular weight is 324 g/mol. The SMILES string of the molecule is CCOC(=O)c1ccc(-c2ccccc2C(F)(F)F)c(OC)c1. The maximum absolute atomic E-state index is 13.2. The number of esters is 1. The van der Waals surface area contributed by atoms with Gasteiger partial charge in [0.05, 0.1) is 24.8 Å². The zero-order valence-corrected chi connectivity index (χ0v) is 12.6. The summed E-state index contributed by atoms with van der Waals surface area (Å²) in [5, 5.41) is 0. The quantitative estimate of drug-likeness (QED) is 0.774. The minimum atomic E-state index is -4.48. The molecule has 0 unspecified atom stereocenters. The number of methoxy groups -OCH3 is 1. The standard InChI is InChI=1S/C17H15F3O3/c1-3-23-16(21)11-8-9-13(15(10-11)22-2)12-6-4-5-7-14(12)17(18,19)20/h4-10H,3H2,1-2H3. The molecule has 0 saturated heterocycles. The Labute approximate surface area is 131 Å². The number of hydrogen-bond donors (Lipinski definition) is 0. The van der Waals surface area contributed by atoms with Crippen LogP contribution >= 0.6 is 0 Å². The lowest BCUT2D eigenvalue weighted by Gasteiger charge is -2.16. The van der Waals surface area contributed by atoms with Crippen LogP contribution in [0.15, 0.2) is 42.5 Å². The van der Waals surface area contributed by atoms with Crippen molar-refractivity contribution in [1.29, 1.82) is 0 Å². The fourth-order valence-electron chi connectivity index (χ4n) is 2.22. The highest BCUT2D eigenvalue weighted by Gasteiger charge is 2.34. The summed E-state index contributed by atoms with van der Waals surface area (Å²) in [6.07, 6.45) is -4.48. The van der Waals surface area contributed by atoms with Crippen molar-refractivity contribution >= 4 is 5.97 Å². The molecule has 0 saturated carbocycles. The Morgan fingerprint density at radius 2 is 1.78 bits per heavy atom. The fourth-order valence-corrected chi connectivity index (χ4v) is 2.22. The van der Waals surface area contributed by atoms with Crippen molar-refractivity contribution in [1.82, 2.24) is 0 Å². The molecule has 3 nitrogen and oxygen atoms in total. The van der Waals surface area contributed by atoms with Gasteiger partial charge in [-0.25, -0.2) is 4.79 Å². The van der Waals surface area contributed by atoms with E-state index in [1.54, 1.807) is 6.92 Å². The van der Waals surface area contributed by atoms with Crippen LogP contribution in [0.3, 0.4) is 0 Å². The molecule has 2 rings (SSSR count). The van der Waals surface area contributed by atoms with Gasteiger partial charge in [-0.05, 0) is 36.8 Å². The van der Waals surface area contributed by atoms with Gasteiger partial charge in [-0.3, -0.25) is 0 Å². The smallest absolute Gasteiger partial charge is 0.417 e. The van der Waals surface area contributed by atoms with Gasteiger partial charge in [0.1, 0.15) is 5.75 Å². The highest BCUT2D eigenvalue weighted by atomic mass is 19.4. The van der Waals surface area contributed by atoms with E-state index in [0.717, 1.165) is 6.07 Å². The van der Waals surface area contributed by atoms with Crippen LogP contribution in [0.25, 0.3) is 11.1 Å². The van der Waals surface area contributed by atoms with Crippen molar-refractivity contribution in [2.24, 2.45) is 0 Å². The number of halogens is 3. The van der Waals surface area contributed by atoms with Crippen molar-refractivity contribution < 1.29 is 27.4 Å². The molecule has 0 aliphatic carbocycles. The van der Waals surface area contributed by atoms with E-state index < -0.39 is 17.7 Å². The molecule has 0 aromatic heterocycles. The number of benzene rings is 2. The topological polar surface area (TPSA) is 35.5 Å². The number of ether oxygens (including phenoxy) is 2. The lowest BCUT2D eigenvalue weighted by Crippen LogP contribution is -2.08. The lowest BCUT2D eigenvalue weighted by atomic mass is 9.97. The van der Waals surface area contributed by atoms with Crippen LogP contribution in [0, 0.1) is 0 Å². The predicted molar refractivity (Wildman–Crippen MR) is 79.4 cm³/mol. The van der Waals surface area contributed by atoms with Gasteiger partial charge in [0.15, 0.2) is 0 Å². The average Bonchev–Trinajstić information content (AvgIpc) is 2.53. The first-order valence-electron chi connectivity index (χ1n) is 6.90. The third-order valence-electron chi connectivity index (χ3n) is 3.24. The summed E-state index contributed by atoms with van der Waals surface area (Å²) >= 11 is 0. The van der Waals surface area contributed by atoms with E-state index in [2.05, 4.69) is 0 Å². The number of alkyl halides is 3. The summed E-state index contributed by atoms with van der Waals surface area (Å²) in [4.78, 5) is 11.7. The summed E-state index contributed by atoms with van der Waals surface area (Å²) < 4.78 is 49.5. The Kier molecular flexibility index (Phi) is 4.93. The van der Waals surface area contributed by atoms with Gasteiger partial charge in [-0.1, -0.05) is 18.2 Å². The number of rotatable bonds is 4. The van der Waals surface area contributed by atoms with Gasteiger partial charge < -0.3 is 9.47 Å². The molecular weight excluding hydrogens is 309 g/mol. The van der Waals surface area contributed by atoms with Gasteiger partial charge in [0.25, 0.3) is 0 Å². The lowest BCUT2D eigenvalue weighted by molar-refractivity contribution is -0.137. The molecule has 23 heavy (non-hydrogen) atoms. The Bertz CT molecular complexity index is 708. The largest absolute Gasteiger partial charge is 0.496 e. The first kappa shape index (κ1) is 16.9. The molecule has 2 aromatic carbocycles. The van der Waals surface area contributed by atoms with Crippen LogP contribution in [-0.2, 0) is 10.9 Å². The summed E-state index contributed by atoms with van der Waals surface area (Å²) in [6, 6.07) is 9.44. The Balaban J connectivity index is 2.55. The molecule has 0 amide bonds. The van der Waals surface area contributed by atoms with Crippen LogP contribution in [0.5, 0.6) is 5.75 Å². The van der Waals surface area contributed by atoms with Crippen LogP contribution in [0.4, 0.5) is 13.2 Å². The summed E-state index contributed by atoms with van der Waals surface area (Å²) in [7, 11) is 1.34. The number of carbonyl (C=O) groups is 1. The normalized spacial score (nSPS) is 11.2. The third kappa shape index (κ3) is 3.64. The second-order valence-electron chi connectivity index (χ2n) is 4.68. The highest BCUT2D eigenvalue weighted by molar-refractivity contribution is 5.91. The fraction of sp³-hybridized carbons (Fsp3) is 0.235. The molecule has 0 spiro atoms. The first-order valence-corrected chi connectivity index (χ1v) is 6.90. The molecule has 2 aromatic rings. The Morgan fingerprint density at radius 1 is 1.09 bits per heavy atom. The molecular formula is C17H15F3O3. The van der Waals surface area contributed by atoms with Crippen LogP contribution in [0.2, 0.25) is 0 Å².